The Hall–Kier alpha value is -2.49. The summed E-state index contributed by atoms with van der Waals surface area (Å²) in [5, 5.41) is 3.28. The van der Waals surface area contributed by atoms with E-state index in [0.29, 0.717) is 5.58 Å². The van der Waals surface area contributed by atoms with E-state index < -0.39 is 0 Å². The zero-order valence-electron chi connectivity index (χ0n) is 9.05. The van der Waals surface area contributed by atoms with Crippen LogP contribution in [0, 0.1) is 0 Å². The van der Waals surface area contributed by atoms with Crippen LogP contribution in [-0.2, 0) is 0 Å². The van der Waals surface area contributed by atoms with E-state index in [4.69, 9.17) is 10.2 Å². The highest BCUT2D eigenvalue weighted by molar-refractivity contribution is 5.79. The summed E-state index contributed by atoms with van der Waals surface area (Å²) in [5.41, 5.74) is 8.92. The number of nitrogens with one attached hydrogen (secondary N) is 1. The second-order valence-electron chi connectivity index (χ2n) is 3.73. The standard InChI is InChI=1S/C13H11N3O/c14-13-16-11-7-6-10(8-12(11)17-13)15-9-4-2-1-3-5-9/h1-8,15H,(H2,14,16). The van der Waals surface area contributed by atoms with Gasteiger partial charge in [0.25, 0.3) is 6.01 Å². The van der Waals surface area contributed by atoms with E-state index in [1.165, 1.54) is 0 Å². The molecule has 0 fully saturated rings. The number of hydrogen-bond donors (Lipinski definition) is 2. The number of rotatable bonds is 2. The molecule has 0 bridgehead atoms. The smallest absolute Gasteiger partial charge is 0.292 e. The number of hydrogen-bond acceptors (Lipinski definition) is 4. The van der Waals surface area contributed by atoms with Crippen molar-refractivity contribution >= 4 is 28.5 Å². The van der Waals surface area contributed by atoms with Crippen LogP contribution in [0.5, 0.6) is 0 Å². The van der Waals surface area contributed by atoms with Crippen LogP contribution in [0.1, 0.15) is 0 Å². The number of nitrogen functional groups attached to an aromatic ring is 1. The third-order valence-corrected chi connectivity index (χ3v) is 2.47. The highest BCUT2D eigenvalue weighted by atomic mass is 16.4. The first kappa shape index (κ1) is 9.72. The third kappa shape index (κ3) is 1.92. The first-order valence-corrected chi connectivity index (χ1v) is 5.29. The maximum Gasteiger partial charge on any atom is 0.292 e. The lowest BCUT2D eigenvalue weighted by atomic mass is 10.2. The highest BCUT2D eigenvalue weighted by Gasteiger charge is 2.03. The molecule has 0 atom stereocenters. The summed E-state index contributed by atoms with van der Waals surface area (Å²) >= 11 is 0. The Balaban J connectivity index is 1.95. The van der Waals surface area contributed by atoms with Crippen molar-refractivity contribution in [1.82, 2.24) is 4.98 Å². The van der Waals surface area contributed by atoms with Gasteiger partial charge in [0.1, 0.15) is 5.52 Å². The van der Waals surface area contributed by atoms with Crippen molar-refractivity contribution in [2.75, 3.05) is 11.1 Å². The van der Waals surface area contributed by atoms with Gasteiger partial charge < -0.3 is 15.5 Å². The lowest BCUT2D eigenvalue weighted by Gasteiger charge is -2.04. The molecule has 0 radical (unpaired) electrons. The van der Waals surface area contributed by atoms with Crippen molar-refractivity contribution < 1.29 is 4.42 Å². The third-order valence-electron chi connectivity index (χ3n) is 2.47. The molecule has 1 heterocycles. The minimum atomic E-state index is 0.192. The van der Waals surface area contributed by atoms with E-state index in [2.05, 4.69) is 10.3 Å². The number of oxazole rings is 1. The van der Waals surface area contributed by atoms with E-state index in [9.17, 15) is 0 Å². The normalized spacial score (nSPS) is 10.6. The molecule has 0 spiro atoms. The predicted molar refractivity (Wildman–Crippen MR) is 68.1 cm³/mol. The molecule has 0 amide bonds. The molecule has 0 unspecified atom stereocenters. The topological polar surface area (TPSA) is 64.1 Å². The van der Waals surface area contributed by atoms with Gasteiger partial charge in [0.05, 0.1) is 0 Å². The molecule has 0 aliphatic carbocycles. The Labute approximate surface area is 98.1 Å². The number of benzene rings is 2. The number of fused-ring (bicyclic) bond motifs is 1. The van der Waals surface area contributed by atoms with Crippen LogP contribution in [0.4, 0.5) is 17.4 Å². The Morgan fingerprint density at radius 3 is 2.65 bits per heavy atom. The Kier molecular flexibility index (Phi) is 2.19. The Morgan fingerprint density at radius 1 is 1.00 bits per heavy atom. The van der Waals surface area contributed by atoms with E-state index in [-0.39, 0.29) is 6.01 Å². The molecule has 3 rings (SSSR count). The molecule has 0 aliphatic rings. The van der Waals surface area contributed by atoms with Gasteiger partial charge in [0, 0.05) is 17.4 Å². The molecule has 0 saturated carbocycles. The number of para-hydroxylation sites is 1. The molecule has 17 heavy (non-hydrogen) atoms. The monoisotopic (exact) mass is 225 g/mol. The van der Waals surface area contributed by atoms with Crippen molar-refractivity contribution in [3.63, 3.8) is 0 Å². The minimum Gasteiger partial charge on any atom is -0.424 e. The fourth-order valence-corrected chi connectivity index (χ4v) is 1.71. The molecule has 84 valence electrons. The fraction of sp³-hybridized carbons (Fsp3) is 0. The van der Waals surface area contributed by atoms with Crippen molar-refractivity contribution in [3.05, 3.63) is 48.5 Å². The quantitative estimate of drug-likeness (QED) is 0.703. The van der Waals surface area contributed by atoms with Gasteiger partial charge in [-0.3, -0.25) is 0 Å². The van der Waals surface area contributed by atoms with Crippen molar-refractivity contribution in [3.8, 4) is 0 Å². The molecule has 4 heteroatoms. The number of nitrogens with zero attached hydrogens (tertiary/aromatic N) is 1. The van der Waals surface area contributed by atoms with Crippen LogP contribution in [-0.4, -0.2) is 4.98 Å². The molecule has 0 aliphatic heterocycles. The number of nitrogens with two attached hydrogens (primary N) is 1. The molecule has 3 N–H and O–H groups in total. The summed E-state index contributed by atoms with van der Waals surface area (Å²) in [6.45, 7) is 0. The van der Waals surface area contributed by atoms with Crippen molar-refractivity contribution in [2.24, 2.45) is 0 Å². The van der Waals surface area contributed by atoms with Crippen LogP contribution >= 0.6 is 0 Å². The summed E-state index contributed by atoms with van der Waals surface area (Å²) in [7, 11) is 0. The van der Waals surface area contributed by atoms with Crippen LogP contribution in [0.2, 0.25) is 0 Å². The summed E-state index contributed by atoms with van der Waals surface area (Å²) in [6, 6.07) is 15.8. The van der Waals surface area contributed by atoms with Gasteiger partial charge in [-0.1, -0.05) is 18.2 Å². The summed E-state index contributed by atoms with van der Waals surface area (Å²) in [6.07, 6.45) is 0. The van der Waals surface area contributed by atoms with Crippen molar-refractivity contribution in [1.29, 1.82) is 0 Å². The van der Waals surface area contributed by atoms with E-state index in [1.54, 1.807) is 0 Å². The second-order valence-corrected chi connectivity index (χ2v) is 3.73. The molecule has 1 aromatic heterocycles. The average Bonchev–Trinajstić information content (AvgIpc) is 2.70. The SMILES string of the molecule is Nc1nc2ccc(Nc3ccccc3)cc2o1. The van der Waals surface area contributed by atoms with Crippen LogP contribution in [0.3, 0.4) is 0 Å². The largest absolute Gasteiger partial charge is 0.424 e. The summed E-state index contributed by atoms with van der Waals surface area (Å²) < 4.78 is 5.27. The Morgan fingerprint density at radius 2 is 1.82 bits per heavy atom. The maximum absolute atomic E-state index is 5.50. The summed E-state index contributed by atoms with van der Waals surface area (Å²) in [4.78, 5) is 4.04. The zero-order valence-corrected chi connectivity index (χ0v) is 9.05. The van der Waals surface area contributed by atoms with Gasteiger partial charge in [-0.15, -0.1) is 0 Å². The van der Waals surface area contributed by atoms with Gasteiger partial charge in [0.15, 0.2) is 5.58 Å². The predicted octanol–water partition coefficient (Wildman–Crippen LogP) is 3.15. The maximum atomic E-state index is 5.50. The second kappa shape index (κ2) is 3.83. The Bertz CT molecular complexity index is 646. The van der Waals surface area contributed by atoms with Crippen LogP contribution in [0.25, 0.3) is 11.1 Å². The number of anilines is 3. The first-order valence-electron chi connectivity index (χ1n) is 5.29. The van der Waals surface area contributed by atoms with Gasteiger partial charge in [-0.25, -0.2) is 0 Å². The van der Waals surface area contributed by atoms with Crippen molar-refractivity contribution in [2.45, 2.75) is 0 Å². The lowest BCUT2D eigenvalue weighted by Crippen LogP contribution is -1.88. The van der Waals surface area contributed by atoms with Gasteiger partial charge in [0.2, 0.25) is 0 Å². The molecule has 0 saturated heterocycles. The molecular weight excluding hydrogens is 214 g/mol. The molecule has 2 aromatic carbocycles. The van der Waals surface area contributed by atoms with Gasteiger partial charge >= 0.3 is 0 Å². The van der Waals surface area contributed by atoms with Crippen LogP contribution in [0.15, 0.2) is 52.9 Å². The minimum absolute atomic E-state index is 0.192. The van der Waals surface area contributed by atoms with E-state index in [0.717, 1.165) is 16.9 Å². The van der Waals surface area contributed by atoms with E-state index >= 15 is 0 Å². The first-order chi connectivity index (χ1) is 8.31. The fourth-order valence-electron chi connectivity index (χ4n) is 1.71. The molecule has 3 aromatic rings. The lowest BCUT2D eigenvalue weighted by molar-refractivity contribution is 0.626. The van der Waals surface area contributed by atoms with E-state index in [1.807, 2.05) is 48.5 Å². The van der Waals surface area contributed by atoms with Gasteiger partial charge in [-0.2, -0.15) is 4.98 Å². The summed E-state index contributed by atoms with van der Waals surface area (Å²) in [5.74, 6) is 0. The number of aromatic nitrogens is 1. The average molecular weight is 225 g/mol. The van der Waals surface area contributed by atoms with Gasteiger partial charge in [-0.05, 0) is 24.3 Å². The highest BCUT2D eigenvalue weighted by Crippen LogP contribution is 2.23. The zero-order chi connectivity index (χ0) is 11.7. The molecular formula is C13H11N3O. The molecule has 4 nitrogen and oxygen atoms in total. The van der Waals surface area contributed by atoms with Crippen LogP contribution < -0.4 is 11.1 Å².